The third-order valence-corrected chi connectivity index (χ3v) is 17.1. The minimum Gasteiger partial charge on any atom is -0.256 e. The lowest BCUT2D eigenvalue weighted by Crippen LogP contribution is -1.95. The molecule has 18 aromatic rings. The van der Waals surface area contributed by atoms with E-state index in [0.29, 0.717) is 0 Å². The third kappa shape index (κ3) is 9.72. The summed E-state index contributed by atoms with van der Waals surface area (Å²) >= 11 is 0. The second-order valence-electron chi connectivity index (χ2n) is 22.6. The van der Waals surface area contributed by atoms with E-state index in [-0.39, 0.29) is 0 Å². The fourth-order valence-corrected chi connectivity index (χ4v) is 12.7. The maximum absolute atomic E-state index is 5.30. The van der Waals surface area contributed by atoms with E-state index in [0.717, 1.165) is 166 Å². The van der Waals surface area contributed by atoms with Gasteiger partial charge in [0.25, 0.3) is 0 Å². The predicted molar refractivity (Wildman–Crippen MR) is 374 cm³/mol. The standard InChI is InChI=1S/2C41H25N5/c1-2-10-26(11-3-1)38-30-12-4-5-14-34(30)46-41-32(38)20-18-27-19-23-35(45-39(27)41)31-22-21-28(29-13-9-25-43-40(29)31)33-16-8-17-37(44-33)36-15-6-7-24-42-36;1-2-9-26(10-3-1)39-30-11-4-5-12-34(30)45-41-31(39)20-16-27-17-22-38(46-40(27)41)37-23-19-29-25-28(18-21-33(29)44-37)32-14-8-15-36(43-32)35-13-6-7-24-42-35/h2*1-25H. The highest BCUT2D eigenvalue weighted by Gasteiger charge is 2.20. The number of fused-ring (bicyclic) bond motifs is 10. The number of nitrogens with zero attached hydrogens (tertiary/aromatic N) is 10. The molecular weight excluding hydrogens is 1120 g/mol. The van der Waals surface area contributed by atoms with Gasteiger partial charge in [-0.3, -0.25) is 15.0 Å². The average molecular weight is 1180 g/mol. The molecule has 0 aliphatic rings. The predicted octanol–water partition coefficient (Wildman–Crippen LogP) is 19.9. The molecule has 0 fully saturated rings. The van der Waals surface area contributed by atoms with Crippen molar-refractivity contribution in [1.82, 2.24) is 49.8 Å². The van der Waals surface area contributed by atoms with Gasteiger partial charge in [-0.15, -0.1) is 0 Å². The van der Waals surface area contributed by atoms with Crippen molar-refractivity contribution in [3.05, 3.63) is 304 Å². The van der Waals surface area contributed by atoms with E-state index in [1.54, 1.807) is 12.4 Å². The van der Waals surface area contributed by atoms with E-state index in [2.05, 4.69) is 186 Å². The number of hydrogen-bond acceptors (Lipinski definition) is 10. The Morgan fingerprint density at radius 1 is 0.185 bits per heavy atom. The summed E-state index contributed by atoms with van der Waals surface area (Å²) in [7, 11) is 0. The average Bonchev–Trinajstić information content (AvgIpc) is 0.838. The first-order valence-corrected chi connectivity index (χ1v) is 30.5. The molecule has 0 aliphatic carbocycles. The highest BCUT2D eigenvalue weighted by molar-refractivity contribution is 6.18. The van der Waals surface area contributed by atoms with Crippen molar-refractivity contribution in [2.75, 3.05) is 0 Å². The molecule has 18 rings (SSSR count). The molecule has 0 unspecified atom stereocenters. The molecule has 0 saturated heterocycles. The fraction of sp³-hybridized carbons (Fsp3) is 0. The normalized spacial score (nSPS) is 11.5. The molecule has 92 heavy (non-hydrogen) atoms. The van der Waals surface area contributed by atoms with Crippen LogP contribution < -0.4 is 0 Å². The zero-order valence-electron chi connectivity index (χ0n) is 49.3. The maximum Gasteiger partial charge on any atom is 0.0978 e. The lowest BCUT2D eigenvalue weighted by molar-refractivity contribution is 1.25. The molecule has 428 valence electrons. The van der Waals surface area contributed by atoms with Crippen LogP contribution in [0.25, 0.3) is 177 Å². The summed E-state index contributed by atoms with van der Waals surface area (Å²) in [6.07, 6.45) is 5.41. The quantitative estimate of drug-likeness (QED) is 0.107. The molecule has 0 spiro atoms. The minimum absolute atomic E-state index is 0.812. The van der Waals surface area contributed by atoms with Crippen LogP contribution >= 0.6 is 0 Å². The first-order valence-electron chi connectivity index (χ1n) is 30.5. The molecule has 0 aliphatic heterocycles. The van der Waals surface area contributed by atoms with Crippen LogP contribution in [0, 0.1) is 0 Å². The Labute approximate surface area is 528 Å². The third-order valence-electron chi connectivity index (χ3n) is 17.1. The van der Waals surface area contributed by atoms with E-state index < -0.39 is 0 Å². The second-order valence-corrected chi connectivity index (χ2v) is 22.6. The largest absolute Gasteiger partial charge is 0.256 e. The number of rotatable bonds is 8. The topological polar surface area (TPSA) is 129 Å². The summed E-state index contributed by atoms with van der Waals surface area (Å²) < 4.78 is 0. The van der Waals surface area contributed by atoms with Crippen LogP contribution in [0.15, 0.2) is 304 Å². The van der Waals surface area contributed by atoms with Crippen LogP contribution in [0.5, 0.6) is 0 Å². The SMILES string of the molecule is c1ccc(-c2c3ccccc3nc3c2ccc2ccc(-c4ccc(-c5cccc(-c6ccccn6)n5)c5cccnc45)nc23)cc1.c1ccc(-c2c3ccccc3nc3c2ccc2ccc(-c4ccc5cc(-c6cccc(-c7ccccn7)n6)ccc5n4)nc23)cc1. The van der Waals surface area contributed by atoms with Gasteiger partial charge in [-0.1, -0.05) is 182 Å². The molecule has 0 bridgehead atoms. The molecule has 10 heteroatoms. The van der Waals surface area contributed by atoms with Crippen molar-refractivity contribution in [3.63, 3.8) is 0 Å². The highest BCUT2D eigenvalue weighted by Crippen LogP contribution is 2.41. The molecule has 10 aromatic heterocycles. The van der Waals surface area contributed by atoms with Gasteiger partial charge in [-0.05, 0) is 114 Å². The Balaban J connectivity index is 0.000000141. The Kier molecular flexibility index (Phi) is 13.3. The second kappa shape index (κ2) is 22.8. The Morgan fingerprint density at radius 2 is 0.641 bits per heavy atom. The van der Waals surface area contributed by atoms with Crippen molar-refractivity contribution < 1.29 is 0 Å². The summed E-state index contributed by atoms with van der Waals surface area (Å²) in [4.78, 5) is 49.5. The lowest BCUT2D eigenvalue weighted by Gasteiger charge is -2.14. The van der Waals surface area contributed by atoms with Crippen LogP contribution in [0.2, 0.25) is 0 Å². The van der Waals surface area contributed by atoms with Gasteiger partial charge in [-0.25, -0.2) is 34.9 Å². The molecule has 0 saturated carbocycles. The van der Waals surface area contributed by atoms with E-state index >= 15 is 0 Å². The minimum atomic E-state index is 0.812. The van der Waals surface area contributed by atoms with Crippen molar-refractivity contribution in [3.8, 4) is 90.2 Å². The van der Waals surface area contributed by atoms with Gasteiger partial charge in [0, 0.05) is 89.5 Å². The summed E-state index contributed by atoms with van der Waals surface area (Å²) in [5, 5.41) is 8.57. The fourth-order valence-electron chi connectivity index (χ4n) is 12.7. The number of benzene rings is 8. The van der Waals surface area contributed by atoms with Gasteiger partial charge in [0.05, 0.1) is 95.4 Å². The van der Waals surface area contributed by atoms with Crippen LogP contribution in [0.1, 0.15) is 0 Å². The zero-order valence-corrected chi connectivity index (χ0v) is 49.3. The zero-order chi connectivity index (χ0) is 60.9. The van der Waals surface area contributed by atoms with Crippen molar-refractivity contribution >= 4 is 87.2 Å². The van der Waals surface area contributed by atoms with E-state index in [4.69, 9.17) is 39.9 Å². The van der Waals surface area contributed by atoms with Gasteiger partial charge in [-0.2, -0.15) is 0 Å². The van der Waals surface area contributed by atoms with Crippen LogP contribution in [-0.2, 0) is 0 Å². The first-order chi connectivity index (χ1) is 45.6. The molecular formula is C82H50N10. The van der Waals surface area contributed by atoms with Gasteiger partial charge in [0.15, 0.2) is 0 Å². The summed E-state index contributed by atoms with van der Waals surface area (Å²) in [6.45, 7) is 0. The lowest BCUT2D eigenvalue weighted by atomic mass is 9.95. The molecule has 0 radical (unpaired) electrons. The molecule has 0 N–H and O–H groups in total. The van der Waals surface area contributed by atoms with Gasteiger partial charge < -0.3 is 0 Å². The highest BCUT2D eigenvalue weighted by atomic mass is 14.8. The number of aromatic nitrogens is 10. The van der Waals surface area contributed by atoms with E-state index in [1.807, 2.05) is 115 Å². The molecule has 8 aromatic carbocycles. The Morgan fingerprint density at radius 3 is 1.26 bits per heavy atom. The maximum atomic E-state index is 5.30. The molecule has 0 atom stereocenters. The van der Waals surface area contributed by atoms with Crippen molar-refractivity contribution in [2.45, 2.75) is 0 Å². The van der Waals surface area contributed by atoms with Crippen LogP contribution in [0.4, 0.5) is 0 Å². The van der Waals surface area contributed by atoms with Crippen LogP contribution in [0.3, 0.4) is 0 Å². The van der Waals surface area contributed by atoms with Crippen LogP contribution in [-0.4, -0.2) is 49.8 Å². The summed E-state index contributed by atoms with van der Waals surface area (Å²) in [6, 6.07) is 97.3. The van der Waals surface area contributed by atoms with Gasteiger partial charge in [0.1, 0.15) is 0 Å². The molecule has 10 nitrogen and oxygen atoms in total. The summed E-state index contributed by atoms with van der Waals surface area (Å²) in [5.74, 6) is 0. The number of pyridine rings is 10. The summed E-state index contributed by atoms with van der Waals surface area (Å²) in [5.41, 5.74) is 22.5. The van der Waals surface area contributed by atoms with Gasteiger partial charge >= 0.3 is 0 Å². The van der Waals surface area contributed by atoms with Crippen molar-refractivity contribution in [2.24, 2.45) is 0 Å². The molecule has 10 heterocycles. The van der Waals surface area contributed by atoms with E-state index in [9.17, 15) is 0 Å². The Bertz CT molecular complexity index is 5890. The Hall–Kier alpha value is -12.7. The van der Waals surface area contributed by atoms with Gasteiger partial charge in [0.2, 0.25) is 0 Å². The smallest absolute Gasteiger partial charge is 0.0978 e. The van der Waals surface area contributed by atoms with Crippen molar-refractivity contribution in [1.29, 1.82) is 0 Å². The first kappa shape index (κ1) is 53.6. The molecule has 0 amide bonds. The number of para-hydroxylation sites is 2. The monoisotopic (exact) mass is 1170 g/mol. The number of hydrogen-bond donors (Lipinski definition) is 0. The van der Waals surface area contributed by atoms with E-state index in [1.165, 1.54) is 11.1 Å².